The molecule has 2 aromatic rings. The number of hydrogen-bond acceptors (Lipinski definition) is 3. The molecule has 0 spiro atoms. The van der Waals surface area contributed by atoms with Crippen LogP contribution in [0.1, 0.15) is 40.7 Å². The number of aromatic nitrogens is 1. The zero-order valence-corrected chi connectivity index (χ0v) is 12.5. The third kappa shape index (κ3) is 2.84. The van der Waals surface area contributed by atoms with Gasteiger partial charge in [0.25, 0.3) is 5.91 Å². The van der Waals surface area contributed by atoms with Crippen molar-refractivity contribution in [3.8, 4) is 10.6 Å². The van der Waals surface area contributed by atoms with Crippen molar-refractivity contribution in [3.63, 3.8) is 0 Å². The number of nitrogens with zero attached hydrogens (tertiary/aromatic N) is 1. The number of rotatable bonds is 3. The van der Waals surface area contributed by atoms with E-state index in [0.29, 0.717) is 10.8 Å². The normalized spacial score (nSPS) is 10.8. The minimum Gasteiger partial charge on any atom is -0.354 e. The summed E-state index contributed by atoms with van der Waals surface area (Å²) < 4.78 is 0. The predicted molar refractivity (Wildman–Crippen MR) is 79.8 cm³/mol. The highest BCUT2D eigenvalue weighted by Crippen LogP contribution is 2.29. The van der Waals surface area contributed by atoms with E-state index in [1.54, 1.807) is 7.05 Å². The molecule has 0 aliphatic carbocycles. The molecule has 3 nitrogen and oxygen atoms in total. The molecule has 0 atom stereocenters. The maximum atomic E-state index is 11.7. The molecule has 1 amide bonds. The van der Waals surface area contributed by atoms with Gasteiger partial charge in [0, 0.05) is 12.6 Å². The van der Waals surface area contributed by atoms with Gasteiger partial charge in [-0.15, -0.1) is 11.3 Å². The maximum Gasteiger partial charge on any atom is 0.263 e. The van der Waals surface area contributed by atoms with Crippen molar-refractivity contribution in [2.45, 2.75) is 26.7 Å². The molecule has 4 heteroatoms. The van der Waals surface area contributed by atoms with Crippen molar-refractivity contribution in [3.05, 3.63) is 40.4 Å². The fraction of sp³-hybridized carbons (Fsp3) is 0.333. The zero-order valence-electron chi connectivity index (χ0n) is 11.7. The van der Waals surface area contributed by atoms with Crippen molar-refractivity contribution >= 4 is 17.2 Å². The summed E-state index contributed by atoms with van der Waals surface area (Å²) in [6.07, 6.45) is 0. The van der Waals surface area contributed by atoms with E-state index >= 15 is 0 Å². The molecule has 1 aromatic heterocycles. The Morgan fingerprint density at radius 1 is 1.26 bits per heavy atom. The summed E-state index contributed by atoms with van der Waals surface area (Å²) in [5.41, 5.74) is 3.16. The molecule has 0 radical (unpaired) electrons. The van der Waals surface area contributed by atoms with Gasteiger partial charge in [0.2, 0.25) is 0 Å². The first-order valence-electron chi connectivity index (χ1n) is 6.32. The van der Waals surface area contributed by atoms with Crippen LogP contribution in [0.4, 0.5) is 0 Å². The Hall–Kier alpha value is -1.68. The Morgan fingerprint density at radius 2 is 1.89 bits per heavy atom. The first kappa shape index (κ1) is 13.7. The van der Waals surface area contributed by atoms with Gasteiger partial charge in [-0.05, 0) is 18.4 Å². The highest BCUT2D eigenvalue weighted by atomic mass is 32.1. The molecule has 0 aliphatic rings. The van der Waals surface area contributed by atoms with Gasteiger partial charge in [0.05, 0.1) is 5.69 Å². The Balaban J connectivity index is 2.34. The van der Waals surface area contributed by atoms with Crippen molar-refractivity contribution in [2.24, 2.45) is 0 Å². The van der Waals surface area contributed by atoms with E-state index in [2.05, 4.69) is 48.4 Å². The molecule has 0 saturated heterocycles. The maximum absolute atomic E-state index is 11.7. The van der Waals surface area contributed by atoms with Crippen molar-refractivity contribution in [2.75, 3.05) is 7.05 Å². The molecular formula is C15H18N2OS. The first-order valence-corrected chi connectivity index (χ1v) is 7.14. The van der Waals surface area contributed by atoms with Crippen LogP contribution in [0, 0.1) is 6.92 Å². The second-order valence-corrected chi connectivity index (χ2v) is 5.79. The van der Waals surface area contributed by atoms with Gasteiger partial charge in [-0.2, -0.15) is 0 Å². The quantitative estimate of drug-likeness (QED) is 0.929. The number of carbonyl (C=O) groups excluding carboxylic acids is 1. The number of benzene rings is 1. The predicted octanol–water partition coefficient (Wildman–Crippen LogP) is 3.60. The summed E-state index contributed by atoms with van der Waals surface area (Å²) in [7, 11) is 1.64. The summed E-state index contributed by atoms with van der Waals surface area (Å²) in [6, 6.07) is 8.38. The van der Waals surface area contributed by atoms with Crippen LogP contribution in [-0.2, 0) is 0 Å². The molecule has 0 bridgehead atoms. The smallest absolute Gasteiger partial charge is 0.263 e. The Kier molecular flexibility index (Phi) is 4.00. The number of aryl methyl sites for hydroxylation is 1. The topological polar surface area (TPSA) is 42.0 Å². The number of thiazole rings is 1. The van der Waals surface area contributed by atoms with Crippen LogP contribution in [0.15, 0.2) is 24.3 Å². The number of nitrogens with one attached hydrogen (secondary N) is 1. The summed E-state index contributed by atoms with van der Waals surface area (Å²) in [5, 5.41) is 3.54. The van der Waals surface area contributed by atoms with Crippen LogP contribution in [-0.4, -0.2) is 17.9 Å². The molecule has 1 N–H and O–H groups in total. The van der Waals surface area contributed by atoms with Crippen LogP contribution >= 0.6 is 11.3 Å². The number of amides is 1. The fourth-order valence-electron chi connectivity index (χ4n) is 1.85. The lowest BCUT2D eigenvalue weighted by molar-refractivity contribution is 0.0966. The van der Waals surface area contributed by atoms with Crippen molar-refractivity contribution in [1.29, 1.82) is 0 Å². The summed E-state index contributed by atoms with van der Waals surface area (Å²) in [6.45, 7) is 6.21. The van der Waals surface area contributed by atoms with E-state index in [4.69, 9.17) is 0 Å². The minimum atomic E-state index is -0.0694. The summed E-state index contributed by atoms with van der Waals surface area (Å²) in [5.74, 6) is 0.452. The van der Waals surface area contributed by atoms with Crippen molar-refractivity contribution in [1.82, 2.24) is 10.3 Å². The fourth-order valence-corrected chi connectivity index (χ4v) is 2.87. The number of carbonyl (C=O) groups is 1. The van der Waals surface area contributed by atoms with Crippen LogP contribution in [0.2, 0.25) is 0 Å². The van der Waals surface area contributed by atoms with Crippen LogP contribution in [0.25, 0.3) is 10.6 Å². The second-order valence-electron chi connectivity index (χ2n) is 4.79. The van der Waals surface area contributed by atoms with Crippen LogP contribution in [0.5, 0.6) is 0 Å². The van der Waals surface area contributed by atoms with E-state index in [0.717, 1.165) is 16.3 Å². The molecule has 100 valence electrons. The third-order valence-electron chi connectivity index (χ3n) is 3.05. The summed E-state index contributed by atoms with van der Waals surface area (Å²) in [4.78, 5) is 16.8. The average Bonchev–Trinajstić information content (AvgIpc) is 2.80. The lowest BCUT2D eigenvalue weighted by Crippen LogP contribution is -2.17. The van der Waals surface area contributed by atoms with Gasteiger partial charge in [0.15, 0.2) is 0 Å². The highest BCUT2D eigenvalue weighted by Gasteiger charge is 2.14. The van der Waals surface area contributed by atoms with Crippen LogP contribution in [0.3, 0.4) is 0 Å². The largest absolute Gasteiger partial charge is 0.354 e. The Labute approximate surface area is 117 Å². The minimum absolute atomic E-state index is 0.0694. The molecule has 2 rings (SSSR count). The van der Waals surface area contributed by atoms with Gasteiger partial charge in [-0.25, -0.2) is 4.98 Å². The molecular weight excluding hydrogens is 256 g/mol. The van der Waals surface area contributed by atoms with Gasteiger partial charge >= 0.3 is 0 Å². The van der Waals surface area contributed by atoms with Crippen molar-refractivity contribution < 1.29 is 4.79 Å². The van der Waals surface area contributed by atoms with Crippen LogP contribution < -0.4 is 5.32 Å². The molecule has 0 fully saturated rings. The summed E-state index contributed by atoms with van der Waals surface area (Å²) >= 11 is 1.44. The van der Waals surface area contributed by atoms with E-state index in [-0.39, 0.29) is 5.91 Å². The Bertz CT molecular complexity index is 585. The lowest BCUT2D eigenvalue weighted by atomic mass is 10.0. The van der Waals surface area contributed by atoms with Gasteiger partial charge in [0.1, 0.15) is 9.88 Å². The standard InChI is InChI=1S/C15H18N2OS/c1-9(2)11-5-7-12(8-6-11)15-17-10(3)13(19-15)14(18)16-4/h5-9H,1-4H3,(H,16,18). The van der Waals surface area contributed by atoms with Gasteiger partial charge in [-0.3, -0.25) is 4.79 Å². The molecule has 0 unspecified atom stereocenters. The monoisotopic (exact) mass is 274 g/mol. The molecule has 0 aliphatic heterocycles. The lowest BCUT2D eigenvalue weighted by Gasteiger charge is -2.05. The van der Waals surface area contributed by atoms with E-state index in [9.17, 15) is 4.79 Å². The molecule has 0 saturated carbocycles. The average molecular weight is 274 g/mol. The second kappa shape index (κ2) is 5.53. The molecule has 1 heterocycles. The molecule has 1 aromatic carbocycles. The molecule has 19 heavy (non-hydrogen) atoms. The third-order valence-corrected chi connectivity index (χ3v) is 4.26. The van der Waals surface area contributed by atoms with E-state index in [1.165, 1.54) is 16.9 Å². The zero-order chi connectivity index (χ0) is 14.0. The van der Waals surface area contributed by atoms with E-state index in [1.807, 2.05) is 6.92 Å². The number of hydrogen-bond donors (Lipinski definition) is 1. The van der Waals surface area contributed by atoms with Gasteiger partial charge < -0.3 is 5.32 Å². The highest BCUT2D eigenvalue weighted by molar-refractivity contribution is 7.17. The first-order chi connectivity index (χ1) is 9.02. The van der Waals surface area contributed by atoms with Gasteiger partial charge in [-0.1, -0.05) is 38.1 Å². The Morgan fingerprint density at radius 3 is 2.42 bits per heavy atom. The van der Waals surface area contributed by atoms with E-state index < -0.39 is 0 Å². The SMILES string of the molecule is CNC(=O)c1sc(-c2ccc(C(C)C)cc2)nc1C.